The Morgan fingerprint density at radius 2 is 2.09 bits per heavy atom. The zero-order valence-electron chi connectivity index (χ0n) is 19.3. The van der Waals surface area contributed by atoms with Crippen LogP contribution < -0.4 is 15.6 Å². The van der Waals surface area contributed by atoms with Crippen molar-refractivity contribution in [2.45, 2.75) is 32.9 Å². The second-order valence-electron chi connectivity index (χ2n) is 8.35. The van der Waals surface area contributed by atoms with Crippen molar-refractivity contribution in [3.8, 4) is 5.75 Å². The van der Waals surface area contributed by atoms with E-state index in [1.165, 1.54) is 11.3 Å². The number of likely N-dealkylation sites (tertiary alicyclic amines) is 1. The first-order valence-electron chi connectivity index (χ1n) is 11.2. The zero-order chi connectivity index (χ0) is 24.1. The molecular formula is C24H28N4O5S. The van der Waals surface area contributed by atoms with Gasteiger partial charge in [-0.05, 0) is 41.8 Å². The van der Waals surface area contributed by atoms with Crippen LogP contribution >= 0.6 is 11.3 Å². The SMILES string of the molecule is COc1cccc(CNC(=O)c2nc3scc(COCC4CCN(C(C)=O)CC4)c3c(=O)[nH]2)c1. The molecule has 1 aromatic carbocycles. The molecule has 2 aromatic heterocycles. The molecule has 34 heavy (non-hydrogen) atoms. The quantitative estimate of drug-likeness (QED) is 0.508. The lowest BCUT2D eigenvalue weighted by Gasteiger charge is -2.31. The van der Waals surface area contributed by atoms with Crippen LogP contribution in [-0.2, 0) is 22.7 Å². The lowest BCUT2D eigenvalue weighted by Crippen LogP contribution is -2.38. The molecule has 0 unspecified atom stereocenters. The van der Waals surface area contributed by atoms with Gasteiger partial charge in [-0.15, -0.1) is 11.3 Å². The van der Waals surface area contributed by atoms with Crippen molar-refractivity contribution in [1.29, 1.82) is 0 Å². The Morgan fingerprint density at radius 1 is 1.29 bits per heavy atom. The van der Waals surface area contributed by atoms with Gasteiger partial charge in [0.2, 0.25) is 11.7 Å². The third-order valence-corrected chi connectivity index (χ3v) is 6.91. The van der Waals surface area contributed by atoms with Gasteiger partial charge < -0.3 is 24.7 Å². The summed E-state index contributed by atoms with van der Waals surface area (Å²) in [5.74, 6) is 0.743. The summed E-state index contributed by atoms with van der Waals surface area (Å²) >= 11 is 1.32. The van der Waals surface area contributed by atoms with Crippen LogP contribution in [0.25, 0.3) is 10.2 Å². The highest BCUT2D eigenvalue weighted by atomic mass is 32.1. The topological polar surface area (TPSA) is 114 Å². The molecule has 9 nitrogen and oxygen atoms in total. The molecule has 1 aliphatic rings. The van der Waals surface area contributed by atoms with Crippen molar-refractivity contribution >= 4 is 33.4 Å². The van der Waals surface area contributed by atoms with Crippen molar-refractivity contribution in [2.24, 2.45) is 5.92 Å². The van der Waals surface area contributed by atoms with Crippen LogP contribution in [0.5, 0.6) is 5.75 Å². The highest BCUT2D eigenvalue weighted by Gasteiger charge is 2.21. The molecule has 0 spiro atoms. The summed E-state index contributed by atoms with van der Waals surface area (Å²) in [6.45, 7) is 4.29. The number of carbonyl (C=O) groups is 2. The van der Waals surface area contributed by atoms with Crippen LogP contribution in [-0.4, -0.2) is 53.5 Å². The largest absolute Gasteiger partial charge is 0.497 e. The number of ether oxygens (including phenoxy) is 2. The fourth-order valence-electron chi connectivity index (χ4n) is 4.02. The van der Waals surface area contributed by atoms with Gasteiger partial charge in [0, 0.05) is 38.7 Å². The Hall–Kier alpha value is -3.24. The van der Waals surface area contributed by atoms with Gasteiger partial charge in [0.05, 0.1) is 19.1 Å². The van der Waals surface area contributed by atoms with Crippen LogP contribution in [0.4, 0.5) is 0 Å². The number of thiophene rings is 1. The first-order valence-corrected chi connectivity index (χ1v) is 12.1. The minimum absolute atomic E-state index is 0.0213. The summed E-state index contributed by atoms with van der Waals surface area (Å²) in [5, 5.41) is 5.08. The van der Waals surface area contributed by atoms with Crippen molar-refractivity contribution in [3.63, 3.8) is 0 Å². The molecule has 0 saturated carbocycles. The minimum atomic E-state index is -0.454. The summed E-state index contributed by atoms with van der Waals surface area (Å²) < 4.78 is 11.1. The molecule has 180 valence electrons. The number of nitrogens with zero attached hydrogens (tertiary/aromatic N) is 2. The molecule has 10 heteroatoms. The first kappa shape index (κ1) is 23.9. The van der Waals surface area contributed by atoms with Gasteiger partial charge in [-0.3, -0.25) is 14.4 Å². The van der Waals surface area contributed by atoms with E-state index in [1.807, 2.05) is 34.5 Å². The van der Waals surface area contributed by atoms with Crippen molar-refractivity contribution in [3.05, 3.63) is 57.0 Å². The molecule has 2 amide bonds. The summed E-state index contributed by atoms with van der Waals surface area (Å²) in [6.07, 6.45) is 1.83. The predicted octanol–water partition coefficient (Wildman–Crippen LogP) is 2.70. The highest BCUT2D eigenvalue weighted by Crippen LogP contribution is 2.23. The summed E-state index contributed by atoms with van der Waals surface area (Å²) in [4.78, 5) is 46.1. The summed E-state index contributed by atoms with van der Waals surface area (Å²) in [5.41, 5.74) is 1.28. The Balaban J connectivity index is 1.35. The number of H-pyrrole nitrogens is 1. The molecule has 0 aliphatic carbocycles. The van der Waals surface area contributed by atoms with Crippen LogP contribution in [0.2, 0.25) is 0 Å². The standard InChI is InChI=1S/C24H28N4O5S/c1-15(29)28-8-6-16(7-9-28)12-33-13-18-14-34-24-20(18)22(30)26-21(27-24)23(31)25-11-17-4-3-5-19(10-17)32-2/h3-5,10,14,16H,6-9,11-13H2,1-2H3,(H,25,31)(H,26,27,30). The monoisotopic (exact) mass is 484 g/mol. The van der Waals surface area contributed by atoms with E-state index in [4.69, 9.17) is 9.47 Å². The molecule has 1 fully saturated rings. The van der Waals surface area contributed by atoms with Gasteiger partial charge in [-0.2, -0.15) is 0 Å². The number of piperidine rings is 1. The predicted molar refractivity (Wildman–Crippen MR) is 129 cm³/mol. The molecule has 1 saturated heterocycles. The average molecular weight is 485 g/mol. The minimum Gasteiger partial charge on any atom is -0.497 e. The highest BCUT2D eigenvalue weighted by molar-refractivity contribution is 7.16. The Kier molecular flexibility index (Phi) is 7.59. The van der Waals surface area contributed by atoms with Gasteiger partial charge in [0.1, 0.15) is 10.6 Å². The van der Waals surface area contributed by atoms with Crippen LogP contribution in [0.15, 0.2) is 34.4 Å². The fourth-order valence-corrected chi connectivity index (χ4v) is 4.94. The van der Waals surface area contributed by atoms with E-state index in [0.717, 1.165) is 37.1 Å². The van der Waals surface area contributed by atoms with Crippen molar-refractivity contribution < 1.29 is 19.1 Å². The summed E-state index contributed by atoms with van der Waals surface area (Å²) in [7, 11) is 1.58. The van der Waals surface area contributed by atoms with Gasteiger partial charge in [-0.1, -0.05) is 12.1 Å². The number of hydrogen-bond acceptors (Lipinski definition) is 7. The molecule has 1 aliphatic heterocycles. The number of aromatic nitrogens is 2. The van der Waals surface area contributed by atoms with Crippen LogP contribution in [0, 0.1) is 5.92 Å². The van der Waals surface area contributed by atoms with Gasteiger partial charge >= 0.3 is 0 Å². The van der Waals surface area contributed by atoms with Crippen molar-refractivity contribution in [1.82, 2.24) is 20.2 Å². The number of hydrogen-bond donors (Lipinski definition) is 2. The van der Waals surface area contributed by atoms with E-state index in [0.29, 0.717) is 35.1 Å². The second-order valence-corrected chi connectivity index (χ2v) is 9.21. The maximum Gasteiger partial charge on any atom is 0.287 e. The Labute approximate surface area is 201 Å². The van der Waals surface area contributed by atoms with Gasteiger partial charge in [0.25, 0.3) is 11.5 Å². The molecule has 2 N–H and O–H groups in total. The van der Waals surface area contributed by atoms with E-state index in [2.05, 4.69) is 15.3 Å². The molecule has 3 heterocycles. The molecule has 0 radical (unpaired) electrons. The maximum absolute atomic E-state index is 12.7. The number of carbonyl (C=O) groups excluding carboxylic acids is 2. The lowest BCUT2D eigenvalue weighted by molar-refractivity contribution is -0.130. The van der Waals surface area contributed by atoms with Gasteiger partial charge in [0.15, 0.2) is 0 Å². The molecule has 3 aromatic rings. The lowest BCUT2D eigenvalue weighted by atomic mass is 9.98. The third-order valence-electron chi connectivity index (χ3n) is 5.99. The van der Waals surface area contributed by atoms with E-state index in [-0.39, 0.29) is 23.8 Å². The van der Waals surface area contributed by atoms with Crippen LogP contribution in [0.1, 0.15) is 41.5 Å². The number of benzene rings is 1. The van der Waals surface area contributed by atoms with E-state index in [9.17, 15) is 14.4 Å². The number of fused-ring (bicyclic) bond motifs is 1. The fraction of sp³-hybridized carbons (Fsp3) is 0.417. The molecule has 0 atom stereocenters. The number of methoxy groups -OCH3 is 1. The second kappa shape index (κ2) is 10.8. The molecule has 4 rings (SSSR count). The smallest absolute Gasteiger partial charge is 0.287 e. The zero-order valence-corrected chi connectivity index (χ0v) is 20.1. The maximum atomic E-state index is 12.7. The average Bonchev–Trinajstić information content (AvgIpc) is 3.26. The summed E-state index contributed by atoms with van der Waals surface area (Å²) in [6, 6.07) is 7.38. The van der Waals surface area contributed by atoms with Crippen molar-refractivity contribution in [2.75, 3.05) is 26.8 Å². The Bertz CT molecular complexity index is 1230. The van der Waals surface area contributed by atoms with Gasteiger partial charge in [-0.25, -0.2) is 4.98 Å². The van der Waals surface area contributed by atoms with E-state index < -0.39 is 5.91 Å². The van der Waals surface area contributed by atoms with Crippen LogP contribution in [0.3, 0.4) is 0 Å². The third kappa shape index (κ3) is 5.63. The molecule has 0 bridgehead atoms. The number of aromatic amines is 1. The van der Waals surface area contributed by atoms with E-state index >= 15 is 0 Å². The number of nitrogens with one attached hydrogen (secondary N) is 2. The van der Waals surface area contributed by atoms with E-state index in [1.54, 1.807) is 14.0 Å². The number of amides is 2. The number of rotatable bonds is 8. The Morgan fingerprint density at radius 3 is 2.82 bits per heavy atom. The normalized spacial score (nSPS) is 14.4. The first-order chi connectivity index (χ1) is 16.4. The molecular weight excluding hydrogens is 456 g/mol.